The number of hydrogen-bond donors (Lipinski definition) is 3. The van der Waals surface area contributed by atoms with Crippen LogP contribution in [0.1, 0.15) is 28.8 Å². The molecule has 142 valence electrons. The highest BCUT2D eigenvalue weighted by molar-refractivity contribution is 6.30. The fourth-order valence-corrected chi connectivity index (χ4v) is 3.53. The zero-order chi connectivity index (χ0) is 19.2. The largest absolute Gasteiger partial charge is 0.349 e. The molecule has 0 saturated carbocycles. The van der Waals surface area contributed by atoms with Crippen LogP contribution in [0.25, 0.3) is 0 Å². The number of hydrogen-bond acceptors (Lipinski definition) is 2. The first kappa shape index (κ1) is 19.4. The Morgan fingerprint density at radius 2 is 1.74 bits per heavy atom. The summed E-state index contributed by atoms with van der Waals surface area (Å²) >= 11 is 5.85. The van der Waals surface area contributed by atoms with Crippen LogP contribution in [0, 0.1) is 6.92 Å². The monoisotopic (exact) mass is 386 g/mol. The van der Waals surface area contributed by atoms with E-state index in [4.69, 9.17) is 11.6 Å². The summed E-state index contributed by atoms with van der Waals surface area (Å²) in [6.07, 6.45) is 1.75. The normalized spacial score (nSPS) is 19.3. The molecule has 0 atom stereocenters. The van der Waals surface area contributed by atoms with Gasteiger partial charge in [0.1, 0.15) is 0 Å². The lowest BCUT2D eigenvalue weighted by molar-refractivity contribution is -0.897. The van der Waals surface area contributed by atoms with Crippen LogP contribution in [-0.4, -0.2) is 37.5 Å². The van der Waals surface area contributed by atoms with Gasteiger partial charge < -0.3 is 15.5 Å². The summed E-state index contributed by atoms with van der Waals surface area (Å²) in [4.78, 5) is 25.9. The van der Waals surface area contributed by atoms with Gasteiger partial charge in [0.25, 0.3) is 11.8 Å². The third-order valence-corrected chi connectivity index (χ3v) is 5.21. The molecule has 0 aromatic heterocycles. The molecule has 1 aliphatic heterocycles. The molecule has 1 aliphatic rings. The molecule has 27 heavy (non-hydrogen) atoms. The van der Waals surface area contributed by atoms with Crippen LogP contribution in [-0.2, 0) is 4.79 Å². The molecule has 0 unspecified atom stereocenters. The molecule has 0 spiro atoms. The minimum Gasteiger partial charge on any atom is -0.349 e. The SMILES string of the molecule is Cc1ccccc1C(=O)NC1CC[NH+](CC(=O)Nc2ccc(Cl)cc2)CC1. The van der Waals surface area contributed by atoms with Crippen molar-refractivity contribution in [3.05, 3.63) is 64.7 Å². The first-order chi connectivity index (χ1) is 13.0. The number of aryl methyl sites for hydroxylation is 1. The highest BCUT2D eigenvalue weighted by Gasteiger charge is 2.25. The minimum absolute atomic E-state index is 0.00489. The van der Waals surface area contributed by atoms with Gasteiger partial charge in [0.2, 0.25) is 0 Å². The lowest BCUT2D eigenvalue weighted by Crippen LogP contribution is -3.14. The van der Waals surface area contributed by atoms with Crippen molar-refractivity contribution in [3.63, 3.8) is 0 Å². The van der Waals surface area contributed by atoms with Crippen LogP contribution in [0.15, 0.2) is 48.5 Å². The highest BCUT2D eigenvalue weighted by atomic mass is 35.5. The maximum Gasteiger partial charge on any atom is 0.279 e. The van der Waals surface area contributed by atoms with Crippen LogP contribution in [0.4, 0.5) is 5.69 Å². The summed E-state index contributed by atoms with van der Waals surface area (Å²) in [5.74, 6) is -0.0169. The summed E-state index contributed by atoms with van der Waals surface area (Å²) in [5, 5.41) is 6.68. The van der Waals surface area contributed by atoms with Crippen molar-refractivity contribution in [3.8, 4) is 0 Å². The molecular formula is C21H25ClN3O2+. The average Bonchev–Trinajstić information content (AvgIpc) is 2.65. The minimum atomic E-state index is -0.0120. The number of likely N-dealkylation sites (tertiary alicyclic amines) is 1. The number of piperidine rings is 1. The molecule has 0 bridgehead atoms. The number of nitrogens with one attached hydrogen (secondary N) is 3. The van der Waals surface area contributed by atoms with E-state index in [2.05, 4.69) is 10.6 Å². The number of carbonyl (C=O) groups excluding carboxylic acids is 2. The Hall–Kier alpha value is -2.37. The van der Waals surface area contributed by atoms with Crippen LogP contribution in [0.5, 0.6) is 0 Å². The number of anilines is 1. The quantitative estimate of drug-likeness (QED) is 0.736. The number of halogens is 1. The zero-order valence-corrected chi connectivity index (χ0v) is 16.2. The van der Waals surface area contributed by atoms with E-state index >= 15 is 0 Å². The molecule has 2 aromatic rings. The van der Waals surface area contributed by atoms with Crippen molar-refractivity contribution < 1.29 is 14.5 Å². The molecule has 3 N–H and O–H groups in total. The predicted molar refractivity (Wildman–Crippen MR) is 107 cm³/mol. The number of rotatable bonds is 5. The van der Waals surface area contributed by atoms with Gasteiger partial charge in [0, 0.05) is 35.2 Å². The third kappa shape index (κ3) is 5.55. The zero-order valence-electron chi connectivity index (χ0n) is 15.4. The van der Waals surface area contributed by atoms with Crippen molar-refractivity contribution in [2.24, 2.45) is 0 Å². The second kappa shape index (κ2) is 9.02. The molecule has 3 rings (SSSR count). The smallest absolute Gasteiger partial charge is 0.279 e. The molecule has 1 heterocycles. The van der Waals surface area contributed by atoms with Crippen LogP contribution < -0.4 is 15.5 Å². The van der Waals surface area contributed by atoms with Gasteiger partial charge in [-0.05, 0) is 42.8 Å². The fraction of sp³-hybridized carbons (Fsp3) is 0.333. The summed E-state index contributed by atoms with van der Waals surface area (Å²) in [5.41, 5.74) is 2.47. The molecule has 0 radical (unpaired) electrons. The van der Waals surface area contributed by atoms with Gasteiger partial charge in [0.15, 0.2) is 6.54 Å². The Bertz CT molecular complexity index is 799. The van der Waals surface area contributed by atoms with Crippen molar-refractivity contribution >= 4 is 29.1 Å². The van der Waals surface area contributed by atoms with Gasteiger partial charge in [-0.3, -0.25) is 9.59 Å². The van der Waals surface area contributed by atoms with E-state index in [1.807, 2.05) is 31.2 Å². The van der Waals surface area contributed by atoms with E-state index in [0.29, 0.717) is 11.6 Å². The fourth-order valence-electron chi connectivity index (χ4n) is 3.40. The van der Waals surface area contributed by atoms with Crippen molar-refractivity contribution in [1.82, 2.24) is 5.32 Å². The van der Waals surface area contributed by atoms with Gasteiger partial charge in [-0.1, -0.05) is 29.8 Å². The molecule has 5 nitrogen and oxygen atoms in total. The van der Waals surface area contributed by atoms with Crippen molar-refractivity contribution in [2.75, 3.05) is 25.0 Å². The summed E-state index contributed by atoms with van der Waals surface area (Å²) in [7, 11) is 0. The lowest BCUT2D eigenvalue weighted by atomic mass is 10.0. The summed E-state index contributed by atoms with van der Waals surface area (Å²) in [6.45, 7) is 4.11. The summed E-state index contributed by atoms with van der Waals surface area (Å²) < 4.78 is 0. The highest BCUT2D eigenvalue weighted by Crippen LogP contribution is 2.13. The Balaban J connectivity index is 1.43. The summed E-state index contributed by atoms with van der Waals surface area (Å²) in [6, 6.07) is 14.9. The van der Waals surface area contributed by atoms with E-state index in [1.54, 1.807) is 24.3 Å². The van der Waals surface area contributed by atoms with Gasteiger partial charge in [-0.15, -0.1) is 0 Å². The van der Waals surface area contributed by atoms with E-state index < -0.39 is 0 Å². The average molecular weight is 387 g/mol. The maximum atomic E-state index is 12.4. The molecule has 2 amide bonds. The van der Waals surface area contributed by atoms with E-state index in [0.717, 1.165) is 42.7 Å². The molecule has 1 fully saturated rings. The van der Waals surface area contributed by atoms with Crippen LogP contribution in [0.2, 0.25) is 5.02 Å². The van der Waals surface area contributed by atoms with Crippen LogP contribution in [0.3, 0.4) is 0 Å². The van der Waals surface area contributed by atoms with Gasteiger partial charge in [-0.2, -0.15) is 0 Å². The molecule has 1 saturated heterocycles. The number of quaternary nitrogens is 1. The van der Waals surface area contributed by atoms with E-state index in [-0.39, 0.29) is 17.9 Å². The number of benzene rings is 2. The Labute approximate surface area is 164 Å². The first-order valence-corrected chi connectivity index (χ1v) is 9.64. The Morgan fingerprint density at radius 3 is 2.41 bits per heavy atom. The van der Waals surface area contributed by atoms with Crippen LogP contribution >= 0.6 is 11.6 Å². The van der Waals surface area contributed by atoms with Gasteiger partial charge in [0.05, 0.1) is 13.1 Å². The number of carbonyl (C=O) groups is 2. The molecule has 2 aromatic carbocycles. The van der Waals surface area contributed by atoms with Crippen molar-refractivity contribution in [2.45, 2.75) is 25.8 Å². The van der Waals surface area contributed by atoms with Crippen molar-refractivity contribution in [1.29, 1.82) is 0 Å². The molecular weight excluding hydrogens is 362 g/mol. The van der Waals surface area contributed by atoms with Gasteiger partial charge >= 0.3 is 0 Å². The first-order valence-electron chi connectivity index (χ1n) is 9.27. The standard InChI is InChI=1S/C21H24ClN3O2/c1-15-4-2-3-5-19(15)21(27)24-18-10-12-25(13-11-18)14-20(26)23-17-8-6-16(22)7-9-17/h2-9,18H,10-14H2,1H3,(H,23,26)(H,24,27)/p+1. The Morgan fingerprint density at radius 1 is 1.07 bits per heavy atom. The maximum absolute atomic E-state index is 12.4. The number of amides is 2. The van der Waals surface area contributed by atoms with E-state index in [1.165, 1.54) is 4.90 Å². The topological polar surface area (TPSA) is 62.6 Å². The van der Waals surface area contributed by atoms with E-state index in [9.17, 15) is 9.59 Å². The second-order valence-corrected chi connectivity index (χ2v) is 7.48. The third-order valence-electron chi connectivity index (χ3n) is 4.96. The Kier molecular flexibility index (Phi) is 6.48. The second-order valence-electron chi connectivity index (χ2n) is 7.04. The predicted octanol–water partition coefficient (Wildman–Crippen LogP) is 2.06. The van der Waals surface area contributed by atoms with Gasteiger partial charge in [-0.25, -0.2) is 0 Å². The lowest BCUT2D eigenvalue weighted by Gasteiger charge is -2.29. The molecule has 0 aliphatic carbocycles. The molecule has 6 heteroatoms.